The summed E-state index contributed by atoms with van der Waals surface area (Å²) < 4.78 is 0. The standard InChI is InChI=1S/C6H11N3/c1-5-3-2-4-9(8)6(5)7/h2-4,6H,7-8H2,1H3. The minimum atomic E-state index is -0.144. The molecular formula is C6H11N3. The molecule has 0 radical (unpaired) electrons. The summed E-state index contributed by atoms with van der Waals surface area (Å²) in [7, 11) is 0. The molecule has 1 unspecified atom stereocenters. The second-order valence-corrected chi connectivity index (χ2v) is 2.14. The van der Waals surface area contributed by atoms with Crippen molar-refractivity contribution in [3.05, 3.63) is 23.9 Å². The van der Waals surface area contributed by atoms with Crippen LogP contribution in [0.1, 0.15) is 6.92 Å². The molecule has 1 aliphatic heterocycles. The highest BCUT2D eigenvalue weighted by Gasteiger charge is 2.09. The fraction of sp³-hybridized carbons (Fsp3) is 0.333. The van der Waals surface area contributed by atoms with E-state index in [-0.39, 0.29) is 6.17 Å². The highest BCUT2D eigenvalue weighted by Crippen LogP contribution is 2.06. The van der Waals surface area contributed by atoms with E-state index in [1.807, 2.05) is 19.1 Å². The highest BCUT2D eigenvalue weighted by atomic mass is 15.4. The lowest BCUT2D eigenvalue weighted by molar-refractivity contribution is 0.321. The van der Waals surface area contributed by atoms with Gasteiger partial charge in [-0.2, -0.15) is 0 Å². The molecule has 3 nitrogen and oxygen atoms in total. The fourth-order valence-corrected chi connectivity index (χ4v) is 0.721. The molecule has 4 N–H and O–H groups in total. The van der Waals surface area contributed by atoms with E-state index >= 15 is 0 Å². The van der Waals surface area contributed by atoms with Crippen molar-refractivity contribution in [3.8, 4) is 0 Å². The van der Waals surface area contributed by atoms with Crippen LogP contribution in [-0.4, -0.2) is 11.2 Å². The lowest BCUT2D eigenvalue weighted by atomic mass is 10.2. The quantitative estimate of drug-likeness (QED) is 0.445. The average Bonchev–Trinajstić information content (AvgIpc) is 1.83. The molecule has 50 valence electrons. The van der Waals surface area contributed by atoms with Gasteiger partial charge < -0.3 is 5.73 Å². The SMILES string of the molecule is CC1=CC=CN(N)C1N. The first-order chi connectivity index (χ1) is 4.22. The van der Waals surface area contributed by atoms with Crippen LogP contribution in [0.5, 0.6) is 0 Å². The van der Waals surface area contributed by atoms with E-state index in [0.29, 0.717) is 0 Å². The highest BCUT2D eigenvalue weighted by molar-refractivity contribution is 5.19. The summed E-state index contributed by atoms with van der Waals surface area (Å²) in [5.74, 6) is 5.45. The van der Waals surface area contributed by atoms with Crippen LogP contribution in [-0.2, 0) is 0 Å². The van der Waals surface area contributed by atoms with E-state index in [1.165, 1.54) is 5.01 Å². The van der Waals surface area contributed by atoms with E-state index in [1.54, 1.807) is 6.20 Å². The average molecular weight is 125 g/mol. The van der Waals surface area contributed by atoms with Gasteiger partial charge in [0.15, 0.2) is 0 Å². The molecule has 1 rings (SSSR count). The molecule has 0 aromatic rings. The van der Waals surface area contributed by atoms with Crippen molar-refractivity contribution >= 4 is 0 Å². The third kappa shape index (κ3) is 1.12. The molecule has 0 amide bonds. The molecule has 3 heteroatoms. The molecule has 1 heterocycles. The van der Waals surface area contributed by atoms with Crippen molar-refractivity contribution in [2.45, 2.75) is 13.1 Å². The largest absolute Gasteiger partial charge is 0.307 e. The Morgan fingerprint density at radius 3 is 2.78 bits per heavy atom. The summed E-state index contributed by atoms with van der Waals surface area (Å²) in [6.45, 7) is 1.95. The van der Waals surface area contributed by atoms with Crippen molar-refractivity contribution in [2.24, 2.45) is 11.6 Å². The van der Waals surface area contributed by atoms with E-state index in [0.717, 1.165) is 5.57 Å². The summed E-state index contributed by atoms with van der Waals surface area (Å²) in [6, 6.07) is 0. The summed E-state index contributed by atoms with van der Waals surface area (Å²) in [6.07, 6.45) is 5.43. The van der Waals surface area contributed by atoms with Crippen molar-refractivity contribution in [2.75, 3.05) is 0 Å². The summed E-state index contributed by atoms with van der Waals surface area (Å²) in [5, 5.41) is 1.48. The lowest BCUT2D eigenvalue weighted by Crippen LogP contribution is -2.44. The van der Waals surface area contributed by atoms with Crippen LogP contribution in [0.2, 0.25) is 0 Å². The minimum Gasteiger partial charge on any atom is -0.307 e. The van der Waals surface area contributed by atoms with Crippen molar-refractivity contribution < 1.29 is 0 Å². The summed E-state index contributed by atoms with van der Waals surface area (Å²) in [4.78, 5) is 0. The zero-order chi connectivity index (χ0) is 6.85. The summed E-state index contributed by atoms with van der Waals surface area (Å²) >= 11 is 0. The fourth-order valence-electron chi connectivity index (χ4n) is 0.721. The Hall–Kier alpha value is -0.800. The van der Waals surface area contributed by atoms with E-state index in [2.05, 4.69) is 0 Å². The van der Waals surface area contributed by atoms with Gasteiger partial charge in [0.2, 0.25) is 0 Å². The predicted molar refractivity (Wildman–Crippen MR) is 36.9 cm³/mol. The van der Waals surface area contributed by atoms with Gasteiger partial charge in [-0.3, -0.25) is 5.01 Å². The normalized spacial score (nSPS) is 26.3. The molecule has 0 aromatic heterocycles. The number of nitrogens with two attached hydrogens (primary N) is 2. The molecule has 0 fully saturated rings. The number of hydrogen-bond donors (Lipinski definition) is 2. The molecule has 1 atom stereocenters. The Kier molecular flexibility index (Phi) is 1.55. The molecule has 0 aliphatic carbocycles. The maximum Gasteiger partial charge on any atom is 0.113 e. The Morgan fingerprint density at radius 2 is 2.33 bits per heavy atom. The van der Waals surface area contributed by atoms with Crippen LogP contribution in [0.4, 0.5) is 0 Å². The first-order valence-corrected chi connectivity index (χ1v) is 2.85. The van der Waals surface area contributed by atoms with Gasteiger partial charge in [0, 0.05) is 6.20 Å². The van der Waals surface area contributed by atoms with Crippen LogP contribution < -0.4 is 11.6 Å². The Balaban J connectivity index is 2.73. The first kappa shape index (κ1) is 6.32. The van der Waals surface area contributed by atoms with Gasteiger partial charge in [-0.25, -0.2) is 5.84 Å². The van der Waals surface area contributed by atoms with Crippen molar-refractivity contribution in [1.29, 1.82) is 0 Å². The van der Waals surface area contributed by atoms with E-state index in [9.17, 15) is 0 Å². The predicted octanol–water partition coefficient (Wildman–Crippen LogP) is -0.0795. The maximum atomic E-state index is 5.60. The molecule has 0 bridgehead atoms. The number of rotatable bonds is 0. The lowest BCUT2D eigenvalue weighted by Gasteiger charge is -2.25. The van der Waals surface area contributed by atoms with Crippen LogP contribution in [0.3, 0.4) is 0 Å². The van der Waals surface area contributed by atoms with E-state index in [4.69, 9.17) is 11.6 Å². The molecule has 0 aromatic carbocycles. The zero-order valence-corrected chi connectivity index (χ0v) is 5.41. The Morgan fingerprint density at radius 1 is 1.67 bits per heavy atom. The van der Waals surface area contributed by atoms with Gasteiger partial charge in [-0.05, 0) is 18.6 Å². The van der Waals surface area contributed by atoms with Crippen LogP contribution in [0.15, 0.2) is 23.9 Å². The second-order valence-electron chi connectivity index (χ2n) is 2.14. The molecule has 0 saturated heterocycles. The molecule has 9 heavy (non-hydrogen) atoms. The minimum absolute atomic E-state index is 0.144. The smallest absolute Gasteiger partial charge is 0.113 e. The third-order valence-corrected chi connectivity index (χ3v) is 1.41. The Bertz CT molecular complexity index is 160. The van der Waals surface area contributed by atoms with Crippen molar-refractivity contribution in [3.63, 3.8) is 0 Å². The van der Waals surface area contributed by atoms with Gasteiger partial charge in [0.05, 0.1) is 0 Å². The van der Waals surface area contributed by atoms with Gasteiger partial charge in [-0.1, -0.05) is 6.08 Å². The summed E-state index contributed by atoms with van der Waals surface area (Å²) in [5.41, 5.74) is 6.69. The van der Waals surface area contributed by atoms with Crippen molar-refractivity contribution in [1.82, 2.24) is 5.01 Å². The monoisotopic (exact) mass is 125 g/mol. The number of hydrazine groups is 1. The molecular weight excluding hydrogens is 114 g/mol. The second kappa shape index (κ2) is 2.21. The zero-order valence-electron chi connectivity index (χ0n) is 5.41. The maximum absolute atomic E-state index is 5.60. The molecule has 0 saturated carbocycles. The molecule has 0 spiro atoms. The number of allylic oxidation sites excluding steroid dienone is 2. The first-order valence-electron chi connectivity index (χ1n) is 2.85. The van der Waals surface area contributed by atoms with Crippen LogP contribution in [0.25, 0.3) is 0 Å². The topological polar surface area (TPSA) is 55.3 Å². The Labute approximate surface area is 54.6 Å². The van der Waals surface area contributed by atoms with Crippen LogP contribution in [0, 0.1) is 0 Å². The third-order valence-electron chi connectivity index (χ3n) is 1.41. The van der Waals surface area contributed by atoms with Gasteiger partial charge >= 0.3 is 0 Å². The van der Waals surface area contributed by atoms with Gasteiger partial charge in [-0.15, -0.1) is 0 Å². The van der Waals surface area contributed by atoms with Gasteiger partial charge in [0.25, 0.3) is 0 Å². The number of nitrogens with zero attached hydrogens (tertiary/aromatic N) is 1. The van der Waals surface area contributed by atoms with Gasteiger partial charge in [0.1, 0.15) is 6.17 Å². The number of hydrogen-bond acceptors (Lipinski definition) is 3. The van der Waals surface area contributed by atoms with Crippen LogP contribution >= 0.6 is 0 Å². The van der Waals surface area contributed by atoms with E-state index < -0.39 is 0 Å². The molecule has 1 aliphatic rings.